The molecule has 0 aromatic heterocycles. The lowest BCUT2D eigenvalue weighted by atomic mass is 9.98. The minimum atomic E-state index is -1.53. The van der Waals surface area contributed by atoms with E-state index in [-0.39, 0.29) is 0 Å². The van der Waals surface area contributed by atoms with Gasteiger partial charge in [0.25, 0.3) is 5.79 Å². The van der Waals surface area contributed by atoms with E-state index in [1.165, 1.54) is 18.2 Å². The zero-order valence-corrected chi connectivity index (χ0v) is 5.93. The predicted molar refractivity (Wildman–Crippen MR) is 36.2 cm³/mol. The molecule has 1 heterocycles. The third-order valence-electron chi connectivity index (χ3n) is 2.00. The number of allylic oxidation sites excluding steroid dienone is 2. The van der Waals surface area contributed by atoms with Crippen molar-refractivity contribution >= 4 is 5.97 Å². The standard InChI is InChI=1S/C7H6O5/c8-5(9)6-3-1-2-4-7(6,11-6)12-10/h1-4,10H,(H,8,9). The van der Waals surface area contributed by atoms with Gasteiger partial charge >= 0.3 is 5.97 Å². The molecule has 2 N–H and O–H groups in total. The van der Waals surface area contributed by atoms with Gasteiger partial charge in [-0.25, -0.2) is 10.1 Å². The van der Waals surface area contributed by atoms with E-state index in [0.29, 0.717) is 0 Å². The highest BCUT2D eigenvalue weighted by Gasteiger charge is 2.76. The zero-order chi connectivity index (χ0) is 8.82. The van der Waals surface area contributed by atoms with Crippen LogP contribution in [0.15, 0.2) is 24.3 Å². The van der Waals surface area contributed by atoms with Gasteiger partial charge in [0.05, 0.1) is 0 Å². The van der Waals surface area contributed by atoms with Crippen LogP contribution in [0.2, 0.25) is 0 Å². The third kappa shape index (κ3) is 0.608. The van der Waals surface area contributed by atoms with Gasteiger partial charge in [0.15, 0.2) is 0 Å². The molecule has 2 unspecified atom stereocenters. The third-order valence-corrected chi connectivity index (χ3v) is 2.00. The van der Waals surface area contributed by atoms with E-state index in [1.807, 2.05) is 0 Å². The van der Waals surface area contributed by atoms with Crippen LogP contribution in [0.1, 0.15) is 0 Å². The molecule has 0 aromatic rings. The molecule has 2 atom stereocenters. The van der Waals surface area contributed by atoms with Crippen molar-refractivity contribution in [1.82, 2.24) is 0 Å². The van der Waals surface area contributed by atoms with Crippen molar-refractivity contribution < 1.29 is 24.8 Å². The Morgan fingerprint density at radius 3 is 2.58 bits per heavy atom. The average molecular weight is 170 g/mol. The first-order chi connectivity index (χ1) is 5.67. The van der Waals surface area contributed by atoms with Crippen LogP contribution in [0.3, 0.4) is 0 Å². The molecule has 0 amide bonds. The summed E-state index contributed by atoms with van der Waals surface area (Å²) in [5.74, 6) is -2.69. The van der Waals surface area contributed by atoms with Crippen molar-refractivity contribution in [3.05, 3.63) is 24.3 Å². The molecule has 5 heteroatoms. The van der Waals surface area contributed by atoms with Gasteiger partial charge in [0.1, 0.15) is 0 Å². The van der Waals surface area contributed by atoms with E-state index in [0.717, 1.165) is 0 Å². The lowest BCUT2D eigenvalue weighted by molar-refractivity contribution is -0.303. The largest absolute Gasteiger partial charge is 0.479 e. The summed E-state index contributed by atoms with van der Waals surface area (Å²) in [5, 5.41) is 17.2. The summed E-state index contributed by atoms with van der Waals surface area (Å²) in [6.07, 6.45) is 5.75. The van der Waals surface area contributed by atoms with Crippen molar-refractivity contribution in [1.29, 1.82) is 0 Å². The maximum absolute atomic E-state index is 10.7. The number of fused-ring (bicyclic) bond motifs is 1. The summed E-state index contributed by atoms with van der Waals surface area (Å²) >= 11 is 0. The van der Waals surface area contributed by atoms with Crippen LogP contribution in [0.25, 0.3) is 0 Å². The minimum Gasteiger partial charge on any atom is -0.479 e. The summed E-state index contributed by atoms with van der Waals surface area (Å²) < 4.78 is 4.82. The molecule has 2 aliphatic rings. The maximum Gasteiger partial charge on any atom is 0.346 e. The monoisotopic (exact) mass is 170 g/mol. The number of hydrogen-bond acceptors (Lipinski definition) is 4. The fourth-order valence-electron chi connectivity index (χ4n) is 1.28. The van der Waals surface area contributed by atoms with Crippen LogP contribution in [-0.4, -0.2) is 27.7 Å². The van der Waals surface area contributed by atoms with Crippen molar-refractivity contribution in [2.24, 2.45) is 0 Å². The minimum absolute atomic E-state index is 1.18. The van der Waals surface area contributed by atoms with Crippen LogP contribution in [-0.2, 0) is 14.4 Å². The Bertz CT molecular complexity index is 294. The topological polar surface area (TPSA) is 79.3 Å². The van der Waals surface area contributed by atoms with Crippen LogP contribution >= 0.6 is 0 Å². The first-order valence-electron chi connectivity index (χ1n) is 3.30. The molecule has 0 saturated carbocycles. The molecule has 64 valence electrons. The predicted octanol–water partition coefficient (Wildman–Crippen LogP) is 0.152. The van der Waals surface area contributed by atoms with Gasteiger partial charge in [-0.05, 0) is 12.2 Å². The highest BCUT2D eigenvalue weighted by atomic mass is 17.2. The van der Waals surface area contributed by atoms with E-state index in [4.69, 9.17) is 15.1 Å². The second-order valence-corrected chi connectivity index (χ2v) is 2.62. The lowest BCUT2D eigenvalue weighted by Gasteiger charge is -2.08. The van der Waals surface area contributed by atoms with Crippen LogP contribution in [0.4, 0.5) is 0 Å². The molecule has 5 nitrogen and oxygen atoms in total. The molecule has 2 rings (SSSR count). The Morgan fingerprint density at radius 2 is 2.08 bits per heavy atom. The summed E-state index contributed by atoms with van der Waals surface area (Å²) in [5.41, 5.74) is -1.53. The molecular weight excluding hydrogens is 164 g/mol. The fourth-order valence-corrected chi connectivity index (χ4v) is 1.28. The van der Waals surface area contributed by atoms with Gasteiger partial charge in [-0.3, -0.25) is 0 Å². The van der Waals surface area contributed by atoms with Gasteiger partial charge in [-0.1, -0.05) is 12.2 Å². The first-order valence-corrected chi connectivity index (χ1v) is 3.30. The molecule has 0 radical (unpaired) electrons. The molecule has 12 heavy (non-hydrogen) atoms. The number of epoxide rings is 1. The molecule has 0 aromatic carbocycles. The first kappa shape index (κ1) is 7.48. The number of carboxylic acid groups (broad SMARTS) is 1. The maximum atomic E-state index is 10.7. The summed E-state index contributed by atoms with van der Waals surface area (Å²) in [4.78, 5) is 14.7. The highest BCUT2D eigenvalue weighted by molar-refractivity contribution is 5.86. The van der Waals surface area contributed by atoms with Gasteiger partial charge in [0.2, 0.25) is 5.60 Å². The number of hydrogen-bond donors (Lipinski definition) is 2. The van der Waals surface area contributed by atoms with E-state index in [2.05, 4.69) is 4.89 Å². The highest BCUT2D eigenvalue weighted by Crippen LogP contribution is 2.52. The van der Waals surface area contributed by atoms with Crippen LogP contribution in [0.5, 0.6) is 0 Å². The van der Waals surface area contributed by atoms with Crippen molar-refractivity contribution in [2.75, 3.05) is 0 Å². The summed E-state index contributed by atoms with van der Waals surface area (Å²) in [7, 11) is 0. The number of aliphatic carboxylic acids is 1. The summed E-state index contributed by atoms with van der Waals surface area (Å²) in [6, 6.07) is 0. The molecule has 0 spiro atoms. The number of carboxylic acids is 1. The number of ether oxygens (including phenoxy) is 1. The Labute approximate surface area is 67.4 Å². The Balaban J connectivity index is 2.38. The van der Waals surface area contributed by atoms with Crippen LogP contribution in [0, 0.1) is 0 Å². The number of rotatable bonds is 2. The second-order valence-electron chi connectivity index (χ2n) is 2.62. The normalized spacial score (nSPS) is 42.4. The zero-order valence-electron chi connectivity index (χ0n) is 5.93. The van der Waals surface area contributed by atoms with Crippen molar-refractivity contribution in [2.45, 2.75) is 11.4 Å². The van der Waals surface area contributed by atoms with E-state index < -0.39 is 17.4 Å². The summed E-state index contributed by atoms with van der Waals surface area (Å²) in [6.45, 7) is 0. The average Bonchev–Trinajstić information content (AvgIpc) is 2.75. The smallest absolute Gasteiger partial charge is 0.346 e. The molecule has 1 fully saturated rings. The van der Waals surface area contributed by atoms with Crippen molar-refractivity contribution in [3.8, 4) is 0 Å². The lowest BCUT2D eigenvalue weighted by Crippen LogP contribution is -2.33. The SMILES string of the molecule is O=C(O)C12C=CC=CC1(OO)O2. The van der Waals surface area contributed by atoms with Gasteiger partial charge in [0, 0.05) is 0 Å². The van der Waals surface area contributed by atoms with Crippen molar-refractivity contribution in [3.63, 3.8) is 0 Å². The Morgan fingerprint density at radius 1 is 1.42 bits per heavy atom. The van der Waals surface area contributed by atoms with E-state index in [1.54, 1.807) is 6.08 Å². The quantitative estimate of drug-likeness (QED) is 0.350. The fraction of sp³-hybridized carbons (Fsp3) is 0.286. The molecule has 1 aliphatic heterocycles. The van der Waals surface area contributed by atoms with Gasteiger partial charge in [-0.2, -0.15) is 4.89 Å². The molecule has 0 bridgehead atoms. The number of carbonyl (C=O) groups is 1. The second kappa shape index (κ2) is 1.95. The van der Waals surface area contributed by atoms with Gasteiger partial charge in [-0.15, -0.1) is 0 Å². The Kier molecular flexibility index (Phi) is 1.21. The van der Waals surface area contributed by atoms with Crippen LogP contribution < -0.4 is 0 Å². The van der Waals surface area contributed by atoms with E-state index in [9.17, 15) is 4.79 Å². The van der Waals surface area contributed by atoms with Gasteiger partial charge < -0.3 is 9.84 Å². The molecule has 1 saturated heterocycles. The van der Waals surface area contributed by atoms with E-state index >= 15 is 0 Å². The molecule has 1 aliphatic carbocycles. The Hall–Kier alpha value is -1.17. The molecular formula is C7H6O5.